The van der Waals surface area contributed by atoms with Gasteiger partial charge in [0.1, 0.15) is 0 Å². The molecule has 1 fully saturated rings. The fraction of sp³-hybridized carbons (Fsp3) is 0.455. The molecule has 1 saturated heterocycles. The molecule has 1 heteroatoms. The molecule has 2 aromatic carbocycles. The summed E-state index contributed by atoms with van der Waals surface area (Å²) in [6.07, 6.45) is 2.44. The molecule has 1 aliphatic heterocycles. The van der Waals surface area contributed by atoms with Crippen LogP contribution in [0.5, 0.6) is 0 Å². The largest absolute Gasteiger partial charge is 0.295 e. The van der Waals surface area contributed by atoms with Crippen LogP contribution in [0.1, 0.15) is 43.9 Å². The van der Waals surface area contributed by atoms with Gasteiger partial charge in [-0.25, -0.2) is 0 Å². The van der Waals surface area contributed by atoms with Gasteiger partial charge in [0.05, 0.1) is 0 Å². The number of fused-ring (bicyclic) bond motifs is 4. The van der Waals surface area contributed by atoms with Crippen molar-refractivity contribution in [1.29, 1.82) is 0 Å². The number of benzene rings is 2. The zero-order valence-corrected chi connectivity index (χ0v) is 14.5. The predicted octanol–water partition coefficient (Wildman–Crippen LogP) is 4.80. The van der Waals surface area contributed by atoms with Crippen LogP contribution < -0.4 is 0 Å². The van der Waals surface area contributed by atoms with E-state index in [0.29, 0.717) is 16.9 Å². The lowest BCUT2D eigenvalue weighted by Crippen LogP contribution is -2.63. The average Bonchev–Trinajstić information content (AvgIpc) is 2.55. The highest BCUT2D eigenvalue weighted by molar-refractivity contribution is 5.41. The van der Waals surface area contributed by atoms with Crippen LogP contribution in [0.4, 0.5) is 0 Å². The molecule has 2 aliphatic rings. The molecule has 0 amide bonds. The molecule has 120 valence electrons. The molecule has 0 spiro atoms. The highest BCUT2D eigenvalue weighted by Gasteiger charge is 2.55. The molecule has 4 rings (SSSR count). The van der Waals surface area contributed by atoms with E-state index in [1.54, 1.807) is 11.1 Å². The first kappa shape index (κ1) is 15.0. The van der Waals surface area contributed by atoms with Crippen LogP contribution in [-0.4, -0.2) is 17.5 Å². The molecule has 1 heterocycles. The summed E-state index contributed by atoms with van der Waals surface area (Å²) in [6.45, 7) is 9.76. The first-order valence-corrected chi connectivity index (χ1v) is 8.89. The van der Waals surface area contributed by atoms with Crippen LogP contribution in [0.15, 0.2) is 54.6 Å². The molecule has 2 aromatic rings. The summed E-state index contributed by atoms with van der Waals surface area (Å²) in [6, 6.07) is 20.7. The lowest BCUT2D eigenvalue weighted by molar-refractivity contribution is -0.0421. The number of hydrogen-bond donors (Lipinski definition) is 0. The molecule has 1 nitrogen and oxygen atoms in total. The van der Waals surface area contributed by atoms with E-state index in [4.69, 9.17) is 0 Å². The maximum atomic E-state index is 2.73. The second kappa shape index (κ2) is 5.21. The van der Waals surface area contributed by atoms with E-state index in [1.165, 1.54) is 24.9 Å². The van der Waals surface area contributed by atoms with Gasteiger partial charge in [0.25, 0.3) is 0 Å². The van der Waals surface area contributed by atoms with E-state index in [2.05, 4.69) is 80.3 Å². The van der Waals surface area contributed by atoms with Crippen molar-refractivity contribution in [1.82, 2.24) is 4.90 Å². The van der Waals surface area contributed by atoms with Gasteiger partial charge in [-0.3, -0.25) is 4.90 Å². The van der Waals surface area contributed by atoms with Crippen molar-refractivity contribution in [3.05, 3.63) is 71.3 Å². The highest BCUT2D eigenvalue weighted by Crippen LogP contribution is 2.56. The zero-order chi connectivity index (χ0) is 16.1. The smallest absolute Gasteiger partial charge is 0.0237 e. The minimum Gasteiger partial charge on any atom is -0.295 e. The maximum Gasteiger partial charge on any atom is 0.0237 e. The molecule has 23 heavy (non-hydrogen) atoms. The summed E-state index contributed by atoms with van der Waals surface area (Å²) in [5, 5.41) is 0. The van der Waals surface area contributed by atoms with E-state index in [9.17, 15) is 0 Å². The van der Waals surface area contributed by atoms with Crippen molar-refractivity contribution in [3.63, 3.8) is 0 Å². The van der Waals surface area contributed by atoms with Gasteiger partial charge in [0.15, 0.2) is 0 Å². The number of nitrogens with zero attached hydrogens (tertiary/aromatic N) is 1. The Balaban J connectivity index is 1.72. The van der Waals surface area contributed by atoms with Crippen molar-refractivity contribution in [3.8, 4) is 0 Å². The Morgan fingerprint density at radius 3 is 2.43 bits per heavy atom. The van der Waals surface area contributed by atoms with Crippen LogP contribution in [0, 0.1) is 5.41 Å². The minimum absolute atomic E-state index is 0.291. The molecular weight excluding hydrogens is 278 g/mol. The normalized spacial score (nSPS) is 29.1. The van der Waals surface area contributed by atoms with Crippen LogP contribution in [-0.2, 0) is 18.4 Å². The van der Waals surface area contributed by atoms with Gasteiger partial charge in [-0.2, -0.15) is 0 Å². The SMILES string of the molecule is CC12CCN(Cc3ccccc3)C(Cc3ccccc31)C2(C)C. The summed E-state index contributed by atoms with van der Waals surface area (Å²) >= 11 is 0. The monoisotopic (exact) mass is 305 g/mol. The van der Waals surface area contributed by atoms with E-state index < -0.39 is 0 Å². The van der Waals surface area contributed by atoms with Crippen molar-refractivity contribution in [2.45, 2.75) is 51.6 Å². The molecule has 2 unspecified atom stereocenters. The molecule has 2 bridgehead atoms. The Bertz CT molecular complexity index is 703. The number of rotatable bonds is 2. The van der Waals surface area contributed by atoms with Crippen LogP contribution in [0.25, 0.3) is 0 Å². The van der Waals surface area contributed by atoms with Crippen LogP contribution >= 0.6 is 0 Å². The Kier molecular flexibility index (Phi) is 3.39. The van der Waals surface area contributed by atoms with E-state index in [1.807, 2.05) is 0 Å². The summed E-state index contributed by atoms with van der Waals surface area (Å²) in [5.41, 5.74) is 5.19. The molecule has 1 aliphatic carbocycles. The maximum absolute atomic E-state index is 2.73. The second-order valence-electron chi connectivity index (χ2n) is 8.14. The second-order valence-corrected chi connectivity index (χ2v) is 8.14. The van der Waals surface area contributed by atoms with Gasteiger partial charge >= 0.3 is 0 Å². The van der Waals surface area contributed by atoms with Crippen molar-refractivity contribution in [2.75, 3.05) is 6.54 Å². The molecule has 0 radical (unpaired) electrons. The van der Waals surface area contributed by atoms with Gasteiger partial charge in [-0.1, -0.05) is 75.4 Å². The first-order chi connectivity index (χ1) is 11.0. The quantitative estimate of drug-likeness (QED) is 0.770. The predicted molar refractivity (Wildman–Crippen MR) is 96.5 cm³/mol. The minimum atomic E-state index is 0.291. The fourth-order valence-electron chi connectivity index (χ4n) is 4.99. The molecule has 0 saturated carbocycles. The van der Waals surface area contributed by atoms with E-state index in [0.717, 1.165) is 6.54 Å². The lowest BCUT2D eigenvalue weighted by Gasteiger charge is -2.61. The fourth-order valence-corrected chi connectivity index (χ4v) is 4.99. The third-order valence-corrected chi connectivity index (χ3v) is 6.85. The van der Waals surface area contributed by atoms with Gasteiger partial charge in [-0.15, -0.1) is 0 Å². The van der Waals surface area contributed by atoms with Crippen LogP contribution in [0.3, 0.4) is 0 Å². The number of hydrogen-bond acceptors (Lipinski definition) is 1. The summed E-state index contributed by atoms with van der Waals surface area (Å²) in [7, 11) is 0. The average molecular weight is 305 g/mol. The van der Waals surface area contributed by atoms with Gasteiger partial charge in [0.2, 0.25) is 0 Å². The zero-order valence-electron chi connectivity index (χ0n) is 14.5. The topological polar surface area (TPSA) is 3.24 Å². The van der Waals surface area contributed by atoms with Crippen LogP contribution in [0.2, 0.25) is 0 Å². The van der Waals surface area contributed by atoms with Gasteiger partial charge < -0.3 is 0 Å². The Hall–Kier alpha value is -1.60. The van der Waals surface area contributed by atoms with E-state index >= 15 is 0 Å². The highest BCUT2D eigenvalue weighted by atomic mass is 15.2. The Morgan fingerprint density at radius 1 is 0.957 bits per heavy atom. The number of piperidine rings is 1. The van der Waals surface area contributed by atoms with Crippen molar-refractivity contribution in [2.24, 2.45) is 5.41 Å². The van der Waals surface area contributed by atoms with Crippen molar-refractivity contribution < 1.29 is 0 Å². The molecule has 0 aromatic heterocycles. The summed E-state index contributed by atoms with van der Waals surface area (Å²) in [4.78, 5) is 2.73. The summed E-state index contributed by atoms with van der Waals surface area (Å²) in [5.74, 6) is 0. The lowest BCUT2D eigenvalue weighted by atomic mass is 9.51. The molecule has 2 atom stereocenters. The number of likely N-dealkylation sites (tertiary alicyclic amines) is 1. The Morgan fingerprint density at radius 2 is 1.65 bits per heavy atom. The molecular formula is C22H27N. The third-order valence-electron chi connectivity index (χ3n) is 6.85. The first-order valence-electron chi connectivity index (χ1n) is 8.89. The molecule has 0 N–H and O–H groups in total. The van der Waals surface area contributed by atoms with E-state index in [-0.39, 0.29) is 0 Å². The van der Waals surface area contributed by atoms with Gasteiger partial charge in [0, 0.05) is 18.0 Å². The summed E-state index contributed by atoms with van der Waals surface area (Å²) < 4.78 is 0. The standard InChI is InChI=1S/C22H27N/c1-21(2)20-15-18-11-7-8-12-19(18)22(21,3)13-14-23(20)16-17-9-5-4-6-10-17/h4-12,20H,13-16H2,1-3H3. The van der Waals surface area contributed by atoms with Gasteiger partial charge in [-0.05, 0) is 41.5 Å². The Labute approximate surface area is 140 Å². The van der Waals surface area contributed by atoms with Crippen molar-refractivity contribution >= 4 is 0 Å². The third kappa shape index (κ3) is 2.17.